The molecule has 0 fully saturated rings. The van der Waals surface area contributed by atoms with Crippen LogP contribution < -0.4 is 10.2 Å². The lowest BCUT2D eigenvalue weighted by molar-refractivity contribution is -0.870. The number of ether oxygens (including phenoxy) is 1. The van der Waals surface area contributed by atoms with Crippen LogP contribution in [0.15, 0.2) is 48.6 Å². The third-order valence-electron chi connectivity index (χ3n) is 17.2. The molecule has 0 bridgehead atoms. The van der Waals surface area contributed by atoms with E-state index in [0.717, 1.165) is 64.2 Å². The highest BCUT2D eigenvalue weighted by atomic mass is 31.2. The van der Waals surface area contributed by atoms with Gasteiger partial charge in [-0.2, -0.15) is 0 Å². The van der Waals surface area contributed by atoms with E-state index in [1.165, 1.54) is 283 Å². The molecule has 10 heteroatoms. The summed E-state index contributed by atoms with van der Waals surface area (Å²) in [7, 11) is 1.20. The van der Waals surface area contributed by atoms with Gasteiger partial charge in [0.2, 0.25) is 5.91 Å². The largest absolute Gasteiger partial charge is 0.756 e. The maximum atomic E-state index is 13.6. The Morgan fingerprint density at radius 1 is 0.402 bits per heavy atom. The second-order valence-electron chi connectivity index (χ2n) is 27.1. The number of hydrogen-bond donors (Lipinski definition) is 1. The molecular formula is C77H147N2O7P. The van der Waals surface area contributed by atoms with Crippen molar-refractivity contribution in [2.24, 2.45) is 0 Å². The average Bonchev–Trinajstić information content (AvgIpc) is 3.70. The van der Waals surface area contributed by atoms with Crippen LogP contribution in [-0.2, 0) is 27.9 Å². The van der Waals surface area contributed by atoms with Crippen molar-refractivity contribution in [1.29, 1.82) is 0 Å². The van der Waals surface area contributed by atoms with Crippen molar-refractivity contribution in [2.45, 2.75) is 392 Å². The van der Waals surface area contributed by atoms with E-state index >= 15 is 0 Å². The first-order valence-corrected chi connectivity index (χ1v) is 39.4. The molecule has 0 radical (unpaired) electrons. The van der Waals surface area contributed by atoms with Gasteiger partial charge >= 0.3 is 5.97 Å². The van der Waals surface area contributed by atoms with Crippen LogP contribution in [0.1, 0.15) is 380 Å². The van der Waals surface area contributed by atoms with E-state index in [1.54, 1.807) is 0 Å². The van der Waals surface area contributed by atoms with Crippen molar-refractivity contribution < 1.29 is 37.3 Å². The Bertz CT molecular complexity index is 1620. The lowest BCUT2D eigenvalue weighted by Gasteiger charge is -2.30. The summed E-state index contributed by atoms with van der Waals surface area (Å²) in [6.07, 6.45) is 85.3. The predicted molar refractivity (Wildman–Crippen MR) is 376 cm³/mol. The van der Waals surface area contributed by atoms with Crippen LogP contribution in [-0.4, -0.2) is 69.4 Å². The third kappa shape index (κ3) is 68.2. The van der Waals surface area contributed by atoms with E-state index < -0.39 is 20.0 Å². The molecule has 1 amide bonds. The minimum Gasteiger partial charge on any atom is -0.756 e. The van der Waals surface area contributed by atoms with E-state index in [4.69, 9.17) is 13.8 Å². The molecule has 0 aromatic rings. The number of esters is 1. The van der Waals surface area contributed by atoms with E-state index in [1.807, 2.05) is 33.3 Å². The first-order valence-electron chi connectivity index (χ1n) is 37.9. The Labute approximate surface area is 541 Å². The SMILES string of the molecule is CCCCC/C=C\C/C=C\CCCCCCCCCCCCCCCC(=O)OC(/C=C/CCCCCCCCCCCCC)C(COP(=O)([O-])OCC[N+](C)(C)C)NC(=O)CCCCCCCCCCCCCCCCC/C=C/CCCCCCCC. The maximum Gasteiger partial charge on any atom is 0.306 e. The Balaban J connectivity index is 5.01. The Morgan fingerprint density at radius 2 is 0.701 bits per heavy atom. The topological polar surface area (TPSA) is 114 Å². The number of allylic oxidation sites excluding steroid dienone is 7. The molecule has 3 atom stereocenters. The van der Waals surface area contributed by atoms with Crippen molar-refractivity contribution in [3.8, 4) is 0 Å². The molecule has 0 saturated carbocycles. The van der Waals surface area contributed by atoms with E-state index in [0.29, 0.717) is 17.4 Å². The zero-order valence-corrected chi connectivity index (χ0v) is 59.6. The number of likely N-dealkylation sites (N-methyl/N-ethyl adjacent to an activating group) is 1. The van der Waals surface area contributed by atoms with Gasteiger partial charge < -0.3 is 28.5 Å². The fraction of sp³-hybridized carbons (Fsp3) is 0.870. The fourth-order valence-electron chi connectivity index (χ4n) is 11.4. The average molecular weight is 1240 g/mol. The van der Waals surface area contributed by atoms with Crippen LogP contribution in [0.4, 0.5) is 0 Å². The molecule has 0 aliphatic rings. The van der Waals surface area contributed by atoms with Crippen molar-refractivity contribution in [2.75, 3.05) is 40.9 Å². The molecule has 87 heavy (non-hydrogen) atoms. The van der Waals surface area contributed by atoms with Gasteiger partial charge in [-0.1, -0.05) is 327 Å². The van der Waals surface area contributed by atoms with Gasteiger partial charge in [0.05, 0.1) is 33.8 Å². The summed E-state index contributed by atoms with van der Waals surface area (Å²) in [6, 6.07) is -0.888. The van der Waals surface area contributed by atoms with Gasteiger partial charge in [-0.3, -0.25) is 14.2 Å². The maximum absolute atomic E-state index is 13.6. The van der Waals surface area contributed by atoms with Gasteiger partial charge in [-0.15, -0.1) is 0 Å². The van der Waals surface area contributed by atoms with Crippen LogP contribution in [0.5, 0.6) is 0 Å². The van der Waals surface area contributed by atoms with Gasteiger partial charge in [-0.25, -0.2) is 0 Å². The van der Waals surface area contributed by atoms with Crippen molar-refractivity contribution >= 4 is 19.7 Å². The molecule has 0 aliphatic carbocycles. The number of carbonyl (C=O) groups is 2. The number of nitrogens with zero attached hydrogens (tertiary/aromatic N) is 1. The zero-order valence-electron chi connectivity index (χ0n) is 58.7. The highest BCUT2D eigenvalue weighted by Gasteiger charge is 2.27. The minimum absolute atomic E-state index is 0.0203. The van der Waals surface area contributed by atoms with Gasteiger partial charge in [-0.05, 0) is 89.5 Å². The normalized spacial score (nSPS) is 13.7. The first kappa shape index (κ1) is 85.0. The Hall–Kier alpha value is -2.03. The smallest absolute Gasteiger partial charge is 0.306 e. The number of phosphoric acid groups is 1. The minimum atomic E-state index is -4.71. The van der Waals surface area contributed by atoms with E-state index in [-0.39, 0.29) is 31.5 Å². The molecule has 0 heterocycles. The summed E-state index contributed by atoms with van der Waals surface area (Å²) in [6.45, 7) is 6.88. The second-order valence-corrected chi connectivity index (χ2v) is 28.6. The van der Waals surface area contributed by atoms with E-state index in [2.05, 4.69) is 62.5 Å². The third-order valence-corrected chi connectivity index (χ3v) is 18.2. The quantitative estimate of drug-likeness (QED) is 0.0212. The summed E-state index contributed by atoms with van der Waals surface area (Å²) in [5.74, 6) is -0.522. The van der Waals surface area contributed by atoms with Gasteiger partial charge in [0.15, 0.2) is 0 Å². The number of carbonyl (C=O) groups excluding carboxylic acids is 2. The molecule has 512 valence electrons. The molecule has 0 aliphatic heterocycles. The second kappa shape index (κ2) is 66.9. The summed E-state index contributed by atoms with van der Waals surface area (Å²) >= 11 is 0. The number of amides is 1. The number of phosphoric ester groups is 1. The monoisotopic (exact) mass is 1240 g/mol. The highest BCUT2D eigenvalue weighted by molar-refractivity contribution is 7.45. The van der Waals surface area contributed by atoms with Gasteiger partial charge in [0, 0.05) is 12.8 Å². The summed E-state index contributed by atoms with van der Waals surface area (Å²) in [5, 5.41) is 3.06. The van der Waals surface area contributed by atoms with Gasteiger partial charge in [0.1, 0.15) is 19.3 Å². The zero-order chi connectivity index (χ0) is 63.5. The number of rotatable bonds is 70. The van der Waals surface area contributed by atoms with Crippen LogP contribution in [0, 0.1) is 0 Å². The van der Waals surface area contributed by atoms with Gasteiger partial charge in [0.25, 0.3) is 7.82 Å². The fourth-order valence-corrected chi connectivity index (χ4v) is 12.1. The molecule has 0 aromatic carbocycles. The lowest BCUT2D eigenvalue weighted by atomic mass is 10.0. The molecule has 9 nitrogen and oxygen atoms in total. The molecule has 0 aromatic heterocycles. The number of nitrogens with one attached hydrogen (secondary N) is 1. The Morgan fingerprint density at radius 3 is 1.07 bits per heavy atom. The molecular weight excluding hydrogens is 1100 g/mol. The predicted octanol–water partition coefficient (Wildman–Crippen LogP) is 23.7. The molecule has 0 spiro atoms. The van der Waals surface area contributed by atoms with Crippen LogP contribution in [0.25, 0.3) is 0 Å². The molecule has 3 unspecified atom stereocenters. The van der Waals surface area contributed by atoms with Crippen LogP contribution >= 0.6 is 7.82 Å². The van der Waals surface area contributed by atoms with Crippen LogP contribution in [0.2, 0.25) is 0 Å². The van der Waals surface area contributed by atoms with E-state index in [9.17, 15) is 19.0 Å². The van der Waals surface area contributed by atoms with Crippen molar-refractivity contribution in [1.82, 2.24) is 5.32 Å². The lowest BCUT2D eigenvalue weighted by Crippen LogP contribution is -2.47. The highest BCUT2D eigenvalue weighted by Crippen LogP contribution is 2.38. The Kier molecular flexibility index (Phi) is 65.3. The summed E-state index contributed by atoms with van der Waals surface area (Å²) in [4.78, 5) is 40.3. The number of unbranched alkanes of at least 4 members (excludes halogenated alkanes) is 48. The molecule has 1 N–H and O–H groups in total. The molecule has 0 rings (SSSR count). The van der Waals surface area contributed by atoms with Crippen molar-refractivity contribution in [3.63, 3.8) is 0 Å². The standard InChI is InChI=1S/C77H147N2O7P/c1-7-10-13-16-19-22-25-28-30-32-34-36-38-39-41-42-44-46-48-51-54-57-60-63-66-69-76(80)78-74(73-85-87(82,83)84-72-71-79(4,5)6)75(68-65-62-59-56-53-50-27-24-21-18-15-12-9-3)86-77(81)70-67-64-61-58-55-52-49-47-45-43-40-37-35-33-31-29-26-23-20-17-14-11-8-2/h20,23,28-31,65,68,74-75H,7-19,21-22,24-27,32-64,66-67,69-73H2,1-6H3,(H-,78,80,82,83)/b23-20-,30-28+,31-29-,68-65+. The number of hydrogen-bond acceptors (Lipinski definition) is 7. The van der Waals surface area contributed by atoms with Crippen molar-refractivity contribution in [3.05, 3.63) is 48.6 Å². The van der Waals surface area contributed by atoms with Crippen LogP contribution in [0.3, 0.4) is 0 Å². The summed E-state index contributed by atoms with van der Waals surface area (Å²) in [5.41, 5.74) is 0. The summed E-state index contributed by atoms with van der Waals surface area (Å²) < 4.78 is 30.5. The molecule has 0 saturated heterocycles. The first-order chi connectivity index (χ1) is 42.4. The number of quaternary nitrogens is 1.